The summed E-state index contributed by atoms with van der Waals surface area (Å²) in [4.78, 5) is 36.1. The average Bonchev–Trinajstić information content (AvgIpc) is 2.85. The van der Waals surface area contributed by atoms with Crippen molar-refractivity contribution in [2.75, 3.05) is 19.5 Å². The number of hydrazone groups is 1. The maximum Gasteiger partial charge on any atom is 0.283 e. The molecule has 0 atom stereocenters. The lowest BCUT2D eigenvalue weighted by molar-refractivity contribution is -0.387. The van der Waals surface area contributed by atoms with Crippen molar-refractivity contribution in [3.05, 3.63) is 81.9 Å². The molecule has 11 heteroatoms. The van der Waals surface area contributed by atoms with Crippen LogP contribution in [0.15, 0.2) is 75.6 Å². The van der Waals surface area contributed by atoms with Gasteiger partial charge in [-0.05, 0) is 30.3 Å². The minimum absolute atomic E-state index is 0.138. The Kier molecular flexibility index (Phi) is 8.41. The highest BCUT2D eigenvalue weighted by molar-refractivity contribution is 7.99. The second-order valence-electron chi connectivity index (χ2n) is 7.06. The summed E-state index contributed by atoms with van der Waals surface area (Å²) in [5, 5.41) is 18.3. The second kappa shape index (κ2) is 11.7. The van der Waals surface area contributed by atoms with E-state index in [9.17, 15) is 19.7 Å². The lowest BCUT2D eigenvalue weighted by Gasteiger charge is -2.10. The van der Waals surface area contributed by atoms with Gasteiger partial charge < -0.3 is 14.8 Å². The zero-order valence-corrected chi connectivity index (χ0v) is 19.9. The third kappa shape index (κ3) is 6.81. The molecule has 0 bridgehead atoms. The topological polar surface area (TPSA) is 132 Å². The number of benzene rings is 3. The van der Waals surface area contributed by atoms with Crippen molar-refractivity contribution >= 4 is 41.2 Å². The van der Waals surface area contributed by atoms with Crippen LogP contribution < -0.4 is 20.2 Å². The summed E-state index contributed by atoms with van der Waals surface area (Å²) in [5.74, 6) is 0.146. The van der Waals surface area contributed by atoms with Crippen LogP contribution >= 0.6 is 11.8 Å². The first-order valence-electron chi connectivity index (χ1n) is 10.2. The van der Waals surface area contributed by atoms with Crippen LogP contribution in [0.3, 0.4) is 0 Å². The largest absolute Gasteiger partial charge is 0.497 e. The van der Waals surface area contributed by atoms with E-state index >= 15 is 0 Å². The molecule has 0 aromatic heterocycles. The van der Waals surface area contributed by atoms with Gasteiger partial charge in [-0.2, -0.15) is 5.10 Å². The lowest BCUT2D eigenvalue weighted by atomic mass is 10.2. The van der Waals surface area contributed by atoms with Crippen LogP contribution in [0, 0.1) is 10.1 Å². The van der Waals surface area contributed by atoms with Crippen LogP contribution in [0.4, 0.5) is 11.4 Å². The number of rotatable bonds is 9. The molecule has 0 radical (unpaired) electrons. The van der Waals surface area contributed by atoms with Crippen LogP contribution in [0.25, 0.3) is 0 Å². The van der Waals surface area contributed by atoms with Crippen molar-refractivity contribution in [2.24, 2.45) is 5.10 Å². The zero-order valence-electron chi connectivity index (χ0n) is 19.1. The Morgan fingerprint density at radius 2 is 1.69 bits per heavy atom. The monoisotopic (exact) mass is 494 g/mol. The molecule has 35 heavy (non-hydrogen) atoms. The fraction of sp³-hybridized carbons (Fsp3) is 0.125. The Hall–Kier alpha value is -4.38. The van der Waals surface area contributed by atoms with Crippen molar-refractivity contribution in [1.29, 1.82) is 0 Å². The summed E-state index contributed by atoms with van der Waals surface area (Å²) in [6.07, 6.45) is 1.31. The third-order valence-electron chi connectivity index (χ3n) is 4.59. The van der Waals surface area contributed by atoms with Gasteiger partial charge in [0.25, 0.3) is 11.6 Å². The number of nitrogens with zero attached hydrogens (tertiary/aromatic N) is 2. The normalized spacial score (nSPS) is 10.6. The molecule has 0 spiro atoms. The average molecular weight is 495 g/mol. The number of nitrogens with one attached hydrogen (secondary N) is 2. The molecular formula is C24H22N4O6S. The fourth-order valence-corrected chi connectivity index (χ4v) is 3.97. The van der Waals surface area contributed by atoms with Gasteiger partial charge in [-0.1, -0.05) is 30.0 Å². The molecule has 10 nitrogen and oxygen atoms in total. The van der Waals surface area contributed by atoms with Gasteiger partial charge in [0.2, 0.25) is 5.91 Å². The van der Waals surface area contributed by atoms with Crippen LogP contribution in [-0.4, -0.2) is 37.2 Å². The van der Waals surface area contributed by atoms with Gasteiger partial charge in [0.05, 0.1) is 35.9 Å². The molecule has 0 heterocycles. The smallest absolute Gasteiger partial charge is 0.283 e. The number of amides is 2. The Labute approximate surface area is 205 Å². The molecule has 2 N–H and O–H groups in total. The number of nitro groups is 1. The molecule has 0 fully saturated rings. The summed E-state index contributed by atoms with van der Waals surface area (Å²) in [6.45, 7) is 1.39. The molecule has 0 aliphatic heterocycles. The van der Waals surface area contributed by atoms with Crippen molar-refractivity contribution in [1.82, 2.24) is 5.43 Å². The number of hydrogen-bond donors (Lipinski definition) is 2. The van der Waals surface area contributed by atoms with E-state index in [4.69, 9.17) is 9.47 Å². The lowest BCUT2D eigenvalue weighted by Crippen LogP contribution is -2.17. The molecule has 3 aromatic carbocycles. The predicted octanol–water partition coefficient (Wildman–Crippen LogP) is 4.49. The molecule has 0 aliphatic carbocycles. The Balaban J connectivity index is 1.78. The number of carbonyl (C=O) groups excluding carboxylic acids is 2. The van der Waals surface area contributed by atoms with Gasteiger partial charge in [-0.3, -0.25) is 19.7 Å². The first-order chi connectivity index (χ1) is 16.8. The number of hydrogen-bond acceptors (Lipinski definition) is 8. The summed E-state index contributed by atoms with van der Waals surface area (Å²) in [6, 6.07) is 16.3. The van der Waals surface area contributed by atoms with E-state index in [1.165, 1.54) is 45.6 Å². The molecule has 0 aliphatic rings. The standard InChI is InChI=1S/C24H22N4O6S/c1-15(29)26-20-6-4-5-7-22(20)35-23-9-8-16(10-21(23)28(31)32)14-25-27-24(30)17-11-18(33-2)13-19(12-17)34-3/h4-14H,1-3H3,(H,26,29)(H,27,30)/b25-14+. The molecule has 2 amide bonds. The number of para-hydroxylation sites is 1. The minimum Gasteiger partial charge on any atom is -0.497 e. The first-order valence-corrected chi connectivity index (χ1v) is 11.0. The highest BCUT2D eigenvalue weighted by atomic mass is 32.2. The van der Waals surface area contributed by atoms with Gasteiger partial charge in [-0.25, -0.2) is 5.43 Å². The summed E-state index contributed by atoms with van der Waals surface area (Å²) in [7, 11) is 2.95. The van der Waals surface area contributed by atoms with Crippen molar-refractivity contribution in [3.63, 3.8) is 0 Å². The zero-order chi connectivity index (χ0) is 25.4. The maximum absolute atomic E-state index is 12.4. The number of ether oxygens (including phenoxy) is 2. The summed E-state index contributed by atoms with van der Waals surface area (Å²) < 4.78 is 10.3. The Bertz CT molecular complexity index is 1270. The van der Waals surface area contributed by atoms with E-state index in [1.54, 1.807) is 42.5 Å². The molecule has 3 aromatic rings. The van der Waals surface area contributed by atoms with Crippen LogP contribution in [0.2, 0.25) is 0 Å². The molecule has 180 valence electrons. The third-order valence-corrected chi connectivity index (χ3v) is 5.73. The molecule has 0 saturated heterocycles. The van der Waals surface area contributed by atoms with E-state index < -0.39 is 10.8 Å². The van der Waals surface area contributed by atoms with E-state index in [0.717, 1.165) is 11.8 Å². The number of carbonyl (C=O) groups is 2. The SMILES string of the molecule is COc1cc(OC)cc(C(=O)N/N=C/c2ccc(Sc3ccccc3NC(C)=O)c([N+](=O)[O-])c2)c1. The number of methoxy groups -OCH3 is 2. The van der Waals surface area contributed by atoms with Gasteiger partial charge in [0.1, 0.15) is 11.5 Å². The van der Waals surface area contributed by atoms with Crippen LogP contribution in [0.1, 0.15) is 22.8 Å². The summed E-state index contributed by atoms with van der Waals surface area (Å²) >= 11 is 1.16. The Morgan fingerprint density at radius 3 is 2.31 bits per heavy atom. The van der Waals surface area contributed by atoms with Crippen LogP contribution in [-0.2, 0) is 4.79 Å². The quantitative estimate of drug-likeness (QED) is 0.254. The molecule has 0 unspecified atom stereocenters. The molecule has 3 rings (SSSR count). The van der Waals surface area contributed by atoms with Gasteiger partial charge >= 0.3 is 0 Å². The Morgan fingerprint density at radius 1 is 1.00 bits per heavy atom. The maximum atomic E-state index is 12.4. The summed E-state index contributed by atoms with van der Waals surface area (Å²) in [5.41, 5.74) is 3.49. The highest BCUT2D eigenvalue weighted by Gasteiger charge is 2.17. The van der Waals surface area contributed by atoms with E-state index in [-0.39, 0.29) is 17.2 Å². The molecular weight excluding hydrogens is 472 g/mol. The van der Waals surface area contributed by atoms with Gasteiger partial charge in [0, 0.05) is 35.1 Å². The predicted molar refractivity (Wildman–Crippen MR) is 133 cm³/mol. The van der Waals surface area contributed by atoms with Crippen molar-refractivity contribution in [2.45, 2.75) is 16.7 Å². The number of nitro benzene ring substituents is 1. The van der Waals surface area contributed by atoms with E-state index in [0.29, 0.717) is 32.5 Å². The van der Waals surface area contributed by atoms with Gasteiger partial charge in [-0.15, -0.1) is 0 Å². The minimum atomic E-state index is -0.505. The second-order valence-corrected chi connectivity index (χ2v) is 8.15. The van der Waals surface area contributed by atoms with Crippen molar-refractivity contribution < 1.29 is 24.0 Å². The fourth-order valence-electron chi connectivity index (χ4n) is 2.98. The van der Waals surface area contributed by atoms with Crippen LogP contribution in [0.5, 0.6) is 11.5 Å². The van der Waals surface area contributed by atoms with E-state index in [2.05, 4.69) is 15.8 Å². The van der Waals surface area contributed by atoms with E-state index in [1.807, 2.05) is 0 Å². The highest BCUT2D eigenvalue weighted by Crippen LogP contribution is 2.38. The molecule has 0 saturated carbocycles. The van der Waals surface area contributed by atoms with Gasteiger partial charge in [0.15, 0.2) is 0 Å². The first kappa shape index (κ1) is 25.2. The number of anilines is 1. The van der Waals surface area contributed by atoms with Crippen molar-refractivity contribution in [3.8, 4) is 11.5 Å².